The van der Waals surface area contributed by atoms with Crippen molar-refractivity contribution < 1.29 is 4.79 Å². The van der Waals surface area contributed by atoms with Crippen molar-refractivity contribution in [2.24, 2.45) is 11.7 Å². The predicted molar refractivity (Wildman–Crippen MR) is 67.6 cm³/mol. The van der Waals surface area contributed by atoms with E-state index in [-0.39, 0.29) is 24.9 Å². The fourth-order valence-electron chi connectivity index (χ4n) is 2.68. The van der Waals surface area contributed by atoms with E-state index < -0.39 is 0 Å². The van der Waals surface area contributed by atoms with Gasteiger partial charge in [0.2, 0.25) is 5.91 Å². The summed E-state index contributed by atoms with van der Waals surface area (Å²) >= 11 is 0. The van der Waals surface area contributed by atoms with Crippen molar-refractivity contribution in [1.29, 1.82) is 0 Å². The van der Waals surface area contributed by atoms with E-state index in [1.807, 2.05) is 0 Å². The van der Waals surface area contributed by atoms with Crippen LogP contribution in [0.5, 0.6) is 0 Å². The molecular formula is C12H23ClN2O. The van der Waals surface area contributed by atoms with Gasteiger partial charge in [0.05, 0.1) is 6.54 Å². The molecule has 2 fully saturated rings. The number of carbonyl (C=O) groups is 1. The fourth-order valence-corrected chi connectivity index (χ4v) is 2.68. The Bertz CT molecular complexity index is 235. The van der Waals surface area contributed by atoms with E-state index in [0.717, 1.165) is 5.92 Å². The molecule has 0 aliphatic heterocycles. The molecule has 1 amide bonds. The Hall–Kier alpha value is -0.280. The van der Waals surface area contributed by atoms with Gasteiger partial charge in [-0.2, -0.15) is 0 Å². The lowest BCUT2D eigenvalue weighted by Gasteiger charge is -2.36. The predicted octanol–water partition coefficient (Wildman–Crippen LogP) is 1.94. The third-order valence-corrected chi connectivity index (χ3v) is 3.78. The quantitative estimate of drug-likeness (QED) is 0.827. The molecule has 4 heteroatoms. The van der Waals surface area contributed by atoms with E-state index in [9.17, 15) is 4.79 Å². The Morgan fingerprint density at radius 1 is 1.12 bits per heavy atom. The van der Waals surface area contributed by atoms with E-state index in [1.165, 1.54) is 38.5 Å². The highest BCUT2D eigenvalue weighted by Crippen LogP contribution is 2.35. The molecule has 0 radical (unpaired) electrons. The molecule has 0 bridgehead atoms. The topological polar surface area (TPSA) is 46.3 Å². The molecule has 0 heterocycles. The molecule has 2 aliphatic rings. The van der Waals surface area contributed by atoms with E-state index in [0.29, 0.717) is 12.1 Å². The summed E-state index contributed by atoms with van der Waals surface area (Å²) in [7, 11) is 0. The zero-order valence-electron chi connectivity index (χ0n) is 10.0. The van der Waals surface area contributed by atoms with Crippen LogP contribution in [0.3, 0.4) is 0 Å². The lowest BCUT2D eigenvalue weighted by Crippen LogP contribution is -2.46. The van der Waals surface area contributed by atoms with Crippen LogP contribution in [0.1, 0.15) is 45.4 Å². The Morgan fingerprint density at radius 3 is 1.94 bits per heavy atom. The van der Waals surface area contributed by atoms with Crippen LogP contribution in [0.15, 0.2) is 0 Å². The average molecular weight is 247 g/mol. The minimum Gasteiger partial charge on any atom is -0.336 e. The molecule has 2 saturated carbocycles. The molecule has 0 aromatic heterocycles. The summed E-state index contributed by atoms with van der Waals surface area (Å²) in [5.41, 5.74) is 5.48. The van der Waals surface area contributed by atoms with E-state index >= 15 is 0 Å². The minimum atomic E-state index is 0. The Kier molecular flexibility index (Phi) is 5.06. The molecule has 0 spiro atoms. The second kappa shape index (κ2) is 5.87. The first-order valence-electron chi connectivity index (χ1n) is 6.23. The third kappa shape index (κ3) is 3.11. The molecular weight excluding hydrogens is 224 g/mol. The van der Waals surface area contributed by atoms with Gasteiger partial charge in [-0.1, -0.05) is 6.92 Å². The Morgan fingerprint density at radius 2 is 1.56 bits per heavy atom. The van der Waals surface area contributed by atoms with Gasteiger partial charge in [0.25, 0.3) is 0 Å². The number of hydrogen-bond donors (Lipinski definition) is 1. The van der Waals surface area contributed by atoms with Crippen molar-refractivity contribution in [3.05, 3.63) is 0 Å². The number of nitrogens with two attached hydrogens (primary N) is 1. The average Bonchev–Trinajstić information content (AvgIpc) is 3.05. The van der Waals surface area contributed by atoms with Gasteiger partial charge < -0.3 is 10.6 Å². The molecule has 2 aliphatic carbocycles. The van der Waals surface area contributed by atoms with Crippen LogP contribution in [-0.2, 0) is 4.79 Å². The van der Waals surface area contributed by atoms with Crippen LogP contribution >= 0.6 is 12.4 Å². The molecule has 94 valence electrons. The summed E-state index contributed by atoms with van der Waals surface area (Å²) in [5, 5.41) is 0. The number of nitrogens with zero attached hydrogens (tertiary/aromatic N) is 1. The highest BCUT2D eigenvalue weighted by molar-refractivity contribution is 5.85. The largest absolute Gasteiger partial charge is 0.336 e. The zero-order chi connectivity index (χ0) is 10.8. The Balaban J connectivity index is 0.00000128. The summed E-state index contributed by atoms with van der Waals surface area (Å²) in [6, 6.07) is 1.02. The normalized spacial score (nSPS) is 29.4. The van der Waals surface area contributed by atoms with Crippen molar-refractivity contribution in [1.82, 2.24) is 4.90 Å². The van der Waals surface area contributed by atoms with Crippen molar-refractivity contribution in [3.63, 3.8) is 0 Å². The number of carbonyl (C=O) groups excluding carboxylic acids is 1. The number of rotatable bonds is 3. The lowest BCUT2D eigenvalue weighted by atomic mass is 9.86. The molecule has 0 unspecified atom stereocenters. The molecule has 0 atom stereocenters. The summed E-state index contributed by atoms with van der Waals surface area (Å²) in [4.78, 5) is 13.9. The van der Waals surface area contributed by atoms with Gasteiger partial charge in [0, 0.05) is 12.1 Å². The lowest BCUT2D eigenvalue weighted by molar-refractivity contribution is -0.133. The zero-order valence-corrected chi connectivity index (χ0v) is 10.8. The number of halogens is 1. The molecule has 2 N–H and O–H groups in total. The summed E-state index contributed by atoms with van der Waals surface area (Å²) in [6.45, 7) is 2.49. The first-order valence-corrected chi connectivity index (χ1v) is 6.23. The standard InChI is InChI=1S/C12H22N2O.ClH/c1-9-2-4-10(5-3-9)14(11-6-7-11)12(15)8-13;/h9-11H,2-8,13H2,1H3;1H. The van der Waals surface area contributed by atoms with Crippen LogP contribution in [0, 0.1) is 5.92 Å². The van der Waals surface area contributed by atoms with Crippen LogP contribution in [0.2, 0.25) is 0 Å². The number of amides is 1. The van der Waals surface area contributed by atoms with Crippen molar-refractivity contribution in [3.8, 4) is 0 Å². The van der Waals surface area contributed by atoms with Gasteiger partial charge in [-0.25, -0.2) is 0 Å². The Labute approximate surface area is 104 Å². The first kappa shape index (κ1) is 13.8. The molecule has 2 rings (SSSR count). The van der Waals surface area contributed by atoms with Crippen molar-refractivity contribution in [2.75, 3.05) is 6.54 Å². The van der Waals surface area contributed by atoms with Crippen molar-refractivity contribution in [2.45, 2.75) is 57.5 Å². The molecule has 0 saturated heterocycles. The van der Waals surface area contributed by atoms with E-state index in [1.54, 1.807) is 0 Å². The van der Waals surface area contributed by atoms with Crippen LogP contribution < -0.4 is 5.73 Å². The third-order valence-electron chi connectivity index (χ3n) is 3.78. The summed E-state index contributed by atoms with van der Waals surface area (Å²) < 4.78 is 0. The van der Waals surface area contributed by atoms with Crippen LogP contribution in [0.4, 0.5) is 0 Å². The van der Waals surface area contributed by atoms with Gasteiger partial charge in [-0.3, -0.25) is 4.79 Å². The maximum atomic E-state index is 11.8. The molecule has 0 aromatic carbocycles. The maximum absolute atomic E-state index is 11.8. The number of hydrogen-bond acceptors (Lipinski definition) is 2. The maximum Gasteiger partial charge on any atom is 0.236 e. The second-order valence-electron chi connectivity index (χ2n) is 5.15. The van der Waals surface area contributed by atoms with Gasteiger partial charge in [-0.15, -0.1) is 12.4 Å². The van der Waals surface area contributed by atoms with Crippen LogP contribution in [0.25, 0.3) is 0 Å². The minimum absolute atomic E-state index is 0. The summed E-state index contributed by atoms with van der Waals surface area (Å²) in [5.74, 6) is 1.01. The summed E-state index contributed by atoms with van der Waals surface area (Å²) in [6.07, 6.45) is 7.29. The molecule has 16 heavy (non-hydrogen) atoms. The van der Waals surface area contributed by atoms with Gasteiger partial charge in [-0.05, 0) is 44.4 Å². The van der Waals surface area contributed by atoms with E-state index in [2.05, 4.69) is 11.8 Å². The van der Waals surface area contributed by atoms with Crippen LogP contribution in [-0.4, -0.2) is 29.4 Å². The second-order valence-corrected chi connectivity index (χ2v) is 5.15. The SMILES string of the molecule is CC1CCC(N(C(=O)CN)C2CC2)CC1.Cl. The highest BCUT2D eigenvalue weighted by atomic mass is 35.5. The molecule has 3 nitrogen and oxygen atoms in total. The monoisotopic (exact) mass is 246 g/mol. The fraction of sp³-hybridized carbons (Fsp3) is 0.917. The highest BCUT2D eigenvalue weighted by Gasteiger charge is 2.37. The smallest absolute Gasteiger partial charge is 0.236 e. The van der Waals surface area contributed by atoms with E-state index in [4.69, 9.17) is 5.73 Å². The first-order chi connectivity index (χ1) is 7.22. The van der Waals surface area contributed by atoms with Gasteiger partial charge in [0.15, 0.2) is 0 Å². The molecule has 0 aromatic rings. The van der Waals surface area contributed by atoms with Gasteiger partial charge in [0.1, 0.15) is 0 Å². The van der Waals surface area contributed by atoms with Gasteiger partial charge >= 0.3 is 0 Å². The van der Waals surface area contributed by atoms with Crippen molar-refractivity contribution >= 4 is 18.3 Å².